The van der Waals surface area contributed by atoms with E-state index in [9.17, 15) is 9.59 Å². The van der Waals surface area contributed by atoms with Crippen molar-refractivity contribution >= 4 is 28.7 Å². The number of anilines is 1. The van der Waals surface area contributed by atoms with E-state index in [2.05, 4.69) is 0 Å². The van der Waals surface area contributed by atoms with Crippen molar-refractivity contribution in [3.05, 3.63) is 52.2 Å². The molecule has 1 heterocycles. The van der Waals surface area contributed by atoms with Crippen molar-refractivity contribution in [3.63, 3.8) is 0 Å². The minimum atomic E-state index is -0.0637. The lowest BCUT2D eigenvalue weighted by Crippen LogP contribution is -2.31. The van der Waals surface area contributed by atoms with Crippen LogP contribution in [-0.4, -0.2) is 18.2 Å². The maximum absolute atomic E-state index is 12.4. The summed E-state index contributed by atoms with van der Waals surface area (Å²) in [6, 6.07) is 10.9. The summed E-state index contributed by atoms with van der Waals surface area (Å²) in [6.45, 7) is 3.95. The predicted molar refractivity (Wildman–Crippen MR) is 78.1 cm³/mol. The Bertz CT molecular complexity index is 590. The van der Waals surface area contributed by atoms with Gasteiger partial charge in [-0.15, -0.1) is 11.3 Å². The quantitative estimate of drug-likeness (QED) is 0.798. The molecule has 2 aromatic rings. The normalized spacial score (nSPS) is 10.2. The summed E-state index contributed by atoms with van der Waals surface area (Å²) in [6.07, 6.45) is 0. The Morgan fingerprint density at radius 2 is 1.89 bits per heavy atom. The van der Waals surface area contributed by atoms with Crippen molar-refractivity contribution in [2.75, 3.05) is 11.4 Å². The molecular formula is C15H15NO2S. The first-order valence-corrected chi connectivity index (χ1v) is 6.98. The van der Waals surface area contributed by atoms with Crippen LogP contribution in [0.2, 0.25) is 0 Å². The molecule has 0 saturated carbocycles. The third-order valence-electron chi connectivity index (χ3n) is 2.87. The highest BCUT2D eigenvalue weighted by Gasteiger charge is 2.20. The Morgan fingerprint density at radius 1 is 1.16 bits per heavy atom. The number of hydrogen-bond donors (Lipinski definition) is 0. The molecule has 0 fully saturated rings. The summed E-state index contributed by atoms with van der Waals surface area (Å²) in [7, 11) is 0. The molecule has 1 amide bonds. The average molecular weight is 273 g/mol. The number of ketones is 1. The van der Waals surface area contributed by atoms with E-state index in [1.807, 2.05) is 36.6 Å². The minimum Gasteiger partial charge on any atom is -0.307 e. The van der Waals surface area contributed by atoms with Crippen LogP contribution in [0.5, 0.6) is 0 Å². The fraction of sp³-hybridized carbons (Fsp3) is 0.200. The Hall–Kier alpha value is -1.94. The van der Waals surface area contributed by atoms with Gasteiger partial charge in [-0.25, -0.2) is 0 Å². The van der Waals surface area contributed by atoms with E-state index in [4.69, 9.17) is 0 Å². The van der Waals surface area contributed by atoms with Crippen molar-refractivity contribution in [1.82, 2.24) is 0 Å². The number of hydrogen-bond acceptors (Lipinski definition) is 3. The lowest BCUT2D eigenvalue weighted by Gasteiger charge is -2.22. The molecule has 0 spiro atoms. The summed E-state index contributed by atoms with van der Waals surface area (Å²) >= 11 is 1.41. The third-order valence-corrected chi connectivity index (χ3v) is 3.73. The molecule has 0 aliphatic carbocycles. The van der Waals surface area contributed by atoms with Crippen molar-refractivity contribution < 1.29 is 9.59 Å². The molecule has 0 radical (unpaired) electrons. The van der Waals surface area contributed by atoms with Gasteiger partial charge in [0.2, 0.25) is 0 Å². The fourth-order valence-electron chi connectivity index (χ4n) is 1.96. The molecule has 0 atom stereocenters. The van der Waals surface area contributed by atoms with Gasteiger partial charge in [0.25, 0.3) is 5.91 Å². The Labute approximate surface area is 116 Å². The van der Waals surface area contributed by atoms with E-state index in [0.29, 0.717) is 22.7 Å². The van der Waals surface area contributed by atoms with Gasteiger partial charge >= 0.3 is 0 Å². The van der Waals surface area contributed by atoms with Crippen LogP contribution in [-0.2, 0) is 0 Å². The van der Waals surface area contributed by atoms with Crippen LogP contribution in [0.25, 0.3) is 0 Å². The smallest absolute Gasteiger partial charge is 0.268 e. The molecule has 98 valence electrons. The van der Waals surface area contributed by atoms with Gasteiger partial charge in [0.05, 0.1) is 10.6 Å². The number of carbonyl (C=O) groups excluding carboxylic acids is 2. The first-order valence-electron chi connectivity index (χ1n) is 6.10. The SMILES string of the molecule is CCN(C(=O)c1cccs1)c1ccccc1C(C)=O. The van der Waals surface area contributed by atoms with Crippen molar-refractivity contribution in [1.29, 1.82) is 0 Å². The van der Waals surface area contributed by atoms with E-state index in [0.717, 1.165) is 0 Å². The first-order chi connectivity index (χ1) is 9.15. The summed E-state index contributed by atoms with van der Waals surface area (Å²) in [5.41, 5.74) is 1.25. The largest absolute Gasteiger partial charge is 0.307 e. The summed E-state index contributed by atoms with van der Waals surface area (Å²) in [5.74, 6) is -0.0979. The summed E-state index contributed by atoms with van der Waals surface area (Å²) in [4.78, 5) is 26.4. The average Bonchev–Trinajstić information content (AvgIpc) is 2.93. The molecule has 4 heteroatoms. The molecule has 3 nitrogen and oxygen atoms in total. The number of benzene rings is 1. The molecule has 19 heavy (non-hydrogen) atoms. The molecule has 0 aliphatic rings. The van der Waals surface area contributed by atoms with Gasteiger partial charge in [-0.2, -0.15) is 0 Å². The summed E-state index contributed by atoms with van der Waals surface area (Å²) in [5, 5.41) is 1.87. The van der Waals surface area contributed by atoms with Crippen LogP contribution in [0, 0.1) is 0 Å². The van der Waals surface area contributed by atoms with E-state index in [1.54, 1.807) is 17.0 Å². The number of carbonyl (C=O) groups is 2. The zero-order chi connectivity index (χ0) is 13.8. The number of thiophene rings is 1. The monoisotopic (exact) mass is 273 g/mol. The molecule has 0 N–H and O–H groups in total. The Balaban J connectivity index is 2.43. The van der Waals surface area contributed by atoms with Crippen LogP contribution in [0.1, 0.15) is 33.9 Å². The molecule has 1 aromatic heterocycles. The van der Waals surface area contributed by atoms with Gasteiger partial charge in [0.15, 0.2) is 5.78 Å². The second-order valence-electron chi connectivity index (χ2n) is 4.10. The molecular weight excluding hydrogens is 258 g/mol. The first kappa shape index (κ1) is 13.5. The van der Waals surface area contributed by atoms with Gasteiger partial charge in [-0.1, -0.05) is 18.2 Å². The fourth-order valence-corrected chi connectivity index (χ4v) is 2.64. The van der Waals surface area contributed by atoms with Crippen molar-refractivity contribution in [2.24, 2.45) is 0 Å². The molecule has 0 unspecified atom stereocenters. The van der Waals surface area contributed by atoms with E-state index in [-0.39, 0.29) is 11.7 Å². The lowest BCUT2D eigenvalue weighted by atomic mass is 10.1. The van der Waals surface area contributed by atoms with E-state index >= 15 is 0 Å². The minimum absolute atomic E-state index is 0.0342. The zero-order valence-corrected chi connectivity index (χ0v) is 11.7. The maximum atomic E-state index is 12.4. The van der Waals surface area contributed by atoms with Gasteiger partial charge in [0.1, 0.15) is 0 Å². The molecule has 0 aliphatic heterocycles. The van der Waals surface area contributed by atoms with Gasteiger partial charge in [0, 0.05) is 12.1 Å². The molecule has 0 bridgehead atoms. The van der Waals surface area contributed by atoms with Crippen molar-refractivity contribution in [3.8, 4) is 0 Å². The summed E-state index contributed by atoms with van der Waals surface area (Å²) < 4.78 is 0. The topological polar surface area (TPSA) is 37.4 Å². The van der Waals surface area contributed by atoms with Crippen LogP contribution in [0.4, 0.5) is 5.69 Å². The molecule has 0 saturated heterocycles. The standard InChI is InChI=1S/C15H15NO2S/c1-3-16(15(18)14-9-6-10-19-14)13-8-5-4-7-12(13)11(2)17/h4-10H,3H2,1-2H3. The van der Waals surface area contributed by atoms with Crippen LogP contribution >= 0.6 is 11.3 Å². The lowest BCUT2D eigenvalue weighted by molar-refractivity contribution is 0.0992. The van der Waals surface area contributed by atoms with Crippen LogP contribution in [0.3, 0.4) is 0 Å². The number of Topliss-reactive ketones (excluding diaryl/α,β-unsaturated/α-hetero) is 1. The number of amides is 1. The van der Waals surface area contributed by atoms with E-state index in [1.165, 1.54) is 18.3 Å². The second kappa shape index (κ2) is 5.80. The highest BCUT2D eigenvalue weighted by Crippen LogP contribution is 2.24. The van der Waals surface area contributed by atoms with Crippen LogP contribution in [0.15, 0.2) is 41.8 Å². The predicted octanol–water partition coefficient (Wildman–Crippen LogP) is 3.62. The third kappa shape index (κ3) is 2.74. The molecule has 1 aromatic carbocycles. The maximum Gasteiger partial charge on any atom is 0.268 e. The zero-order valence-electron chi connectivity index (χ0n) is 10.9. The van der Waals surface area contributed by atoms with Gasteiger partial charge < -0.3 is 4.90 Å². The molecule has 2 rings (SSSR count). The van der Waals surface area contributed by atoms with Gasteiger partial charge in [-0.3, -0.25) is 9.59 Å². The van der Waals surface area contributed by atoms with E-state index < -0.39 is 0 Å². The highest BCUT2D eigenvalue weighted by molar-refractivity contribution is 7.12. The number of para-hydroxylation sites is 1. The van der Waals surface area contributed by atoms with Gasteiger partial charge in [-0.05, 0) is 37.4 Å². The number of nitrogens with zero attached hydrogens (tertiary/aromatic N) is 1. The Kier molecular flexibility index (Phi) is 4.12. The second-order valence-corrected chi connectivity index (χ2v) is 5.05. The van der Waals surface area contributed by atoms with Crippen LogP contribution < -0.4 is 4.90 Å². The highest BCUT2D eigenvalue weighted by atomic mass is 32.1. The van der Waals surface area contributed by atoms with Crippen molar-refractivity contribution in [2.45, 2.75) is 13.8 Å². The number of rotatable bonds is 4. The Morgan fingerprint density at radius 3 is 2.47 bits per heavy atom.